The first kappa shape index (κ1) is 16.4. The second-order valence-corrected chi connectivity index (χ2v) is 9.05. The summed E-state index contributed by atoms with van der Waals surface area (Å²) < 4.78 is 11.6. The molecule has 1 aliphatic heterocycles. The summed E-state index contributed by atoms with van der Waals surface area (Å²) in [5.74, 6) is 0.684. The van der Waals surface area contributed by atoms with Gasteiger partial charge in [0.1, 0.15) is 0 Å². The van der Waals surface area contributed by atoms with E-state index in [4.69, 9.17) is 0 Å². The molecular formula is C16H32N2OS. The standard InChI is InChI=1S/C16H32N2OS/c1-13(2)15-11-17-16(8-5-6-9-16)12-18(15)10-7-14(3)20(4)19/h13-15,17H,5-12H2,1-4H3. The largest absolute Gasteiger partial charge is 0.308 e. The van der Waals surface area contributed by atoms with Crippen LogP contribution in [0.4, 0.5) is 0 Å². The van der Waals surface area contributed by atoms with Crippen molar-refractivity contribution in [2.45, 2.75) is 69.7 Å². The Morgan fingerprint density at radius 3 is 2.50 bits per heavy atom. The lowest BCUT2D eigenvalue weighted by molar-refractivity contribution is 0.0562. The SMILES string of the molecule is CC(C)C1CNC2(CCCC2)CN1CCC(C)S(C)=O. The molecule has 0 amide bonds. The molecule has 2 rings (SSSR count). The molecule has 0 aromatic carbocycles. The molecule has 1 N–H and O–H groups in total. The minimum absolute atomic E-state index is 0.317. The summed E-state index contributed by atoms with van der Waals surface area (Å²) in [4.78, 5) is 2.69. The highest BCUT2D eigenvalue weighted by Crippen LogP contribution is 2.34. The van der Waals surface area contributed by atoms with Crippen LogP contribution in [-0.2, 0) is 10.8 Å². The highest BCUT2D eigenvalue weighted by molar-refractivity contribution is 7.84. The lowest BCUT2D eigenvalue weighted by Crippen LogP contribution is -2.64. The molecule has 1 saturated carbocycles. The van der Waals surface area contributed by atoms with Crippen LogP contribution in [0.5, 0.6) is 0 Å². The molecule has 3 nitrogen and oxygen atoms in total. The van der Waals surface area contributed by atoms with E-state index < -0.39 is 10.8 Å². The smallest absolute Gasteiger partial charge is 0.0329 e. The van der Waals surface area contributed by atoms with Gasteiger partial charge < -0.3 is 5.32 Å². The first-order valence-corrected chi connectivity index (χ1v) is 9.87. The number of hydrogen-bond acceptors (Lipinski definition) is 3. The van der Waals surface area contributed by atoms with E-state index in [0.29, 0.717) is 22.7 Å². The Morgan fingerprint density at radius 1 is 1.30 bits per heavy atom. The molecule has 1 spiro atoms. The van der Waals surface area contributed by atoms with Gasteiger partial charge in [-0.05, 0) is 31.7 Å². The summed E-state index contributed by atoms with van der Waals surface area (Å²) in [6.45, 7) is 10.2. The Bertz CT molecular complexity index is 339. The fourth-order valence-electron chi connectivity index (χ4n) is 3.81. The van der Waals surface area contributed by atoms with E-state index in [1.165, 1.54) is 32.2 Å². The van der Waals surface area contributed by atoms with Crippen molar-refractivity contribution in [2.24, 2.45) is 5.92 Å². The Morgan fingerprint density at radius 2 is 1.95 bits per heavy atom. The van der Waals surface area contributed by atoms with Crippen LogP contribution in [0.15, 0.2) is 0 Å². The zero-order valence-corrected chi connectivity index (χ0v) is 14.5. The molecule has 2 aliphatic rings. The maximum atomic E-state index is 11.6. The summed E-state index contributed by atoms with van der Waals surface area (Å²) in [6.07, 6.45) is 8.32. The van der Waals surface area contributed by atoms with Gasteiger partial charge in [-0.2, -0.15) is 0 Å². The van der Waals surface area contributed by atoms with Gasteiger partial charge in [-0.15, -0.1) is 0 Å². The van der Waals surface area contributed by atoms with Crippen LogP contribution in [0.3, 0.4) is 0 Å². The molecule has 3 atom stereocenters. The second kappa shape index (κ2) is 6.89. The molecule has 0 aromatic rings. The summed E-state index contributed by atoms with van der Waals surface area (Å²) in [6, 6.07) is 0.638. The molecule has 20 heavy (non-hydrogen) atoms. The minimum atomic E-state index is -0.689. The number of hydrogen-bond donors (Lipinski definition) is 1. The van der Waals surface area contributed by atoms with Crippen LogP contribution in [0.1, 0.15) is 52.9 Å². The summed E-state index contributed by atoms with van der Waals surface area (Å²) in [5.41, 5.74) is 0.389. The molecule has 1 saturated heterocycles. The molecule has 118 valence electrons. The van der Waals surface area contributed by atoms with Crippen molar-refractivity contribution in [1.29, 1.82) is 0 Å². The van der Waals surface area contributed by atoms with Crippen LogP contribution in [0.25, 0.3) is 0 Å². The second-order valence-electron chi connectivity index (χ2n) is 7.25. The van der Waals surface area contributed by atoms with Crippen molar-refractivity contribution in [3.8, 4) is 0 Å². The number of rotatable bonds is 5. The lowest BCUT2D eigenvalue weighted by atomic mass is 9.89. The average molecular weight is 301 g/mol. The Hall–Kier alpha value is 0.0700. The first-order chi connectivity index (χ1) is 9.43. The van der Waals surface area contributed by atoms with Crippen LogP contribution in [-0.4, -0.2) is 51.8 Å². The van der Waals surface area contributed by atoms with Gasteiger partial charge in [-0.1, -0.05) is 33.6 Å². The Kier molecular flexibility index (Phi) is 5.66. The molecule has 0 radical (unpaired) electrons. The van der Waals surface area contributed by atoms with Crippen molar-refractivity contribution in [1.82, 2.24) is 10.2 Å². The molecule has 1 aliphatic carbocycles. The summed E-state index contributed by atoms with van der Waals surface area (Å²) in [5, 5.41) is 4.18. The highest BCUT2D eigenvalue weighted by atomic mass is 32.2. The molecule has 0 bridgehead atoms. The number of piperazine rings is 1. The Labute approximate surface area is 127 Å². The van der Waals surface area contributed by atoms with E-state index in [2.05, 4.69) is 31.0 Å². The molecule has 0 aromatic heterocycles. The fraction of sp³-hybridized carbons (Fsp3) is 1.00. The van der Waals surface area contributed by atoms with Crippen molar-refractivity contribution in [3.63, 3.8) is 0 Å². The number of nitrogens with zero attached hydrogens (tertiary/aromatic N) is 1. The topological polar surface area (TPSA) is 32.3 Å². The van der Waals surface area contributed by atoms with Crippen molar-refractivity contribution < 1.29 is 4.21 Å². The van der Waals surface area contributed by atoms with Crippen LogP contribution in [0, 0.1) is 5.92 Å². The molecule has 1 heterocycles. The van der Waals surface area contributed by atoms with Gasteiger partial charge in [0.2, 0.25) is 0 Å². The van der Waals surface area contributed by atoms with E-state index in [-0.39, 0.29) is 0 Å². The molecule has 2 fully saturated rings. The summed E-state index contributed by atoms with van der Waals surface area (Å²) >= 11 is 0. The quantitative estimate of drug-likeness (QED) is 0.846. The van der Waals surface area contributed by atoms with Gasteiger partial charge in [0.15, 0.2) is 0 Å². The molecule has 3 unspecified atom stereocenters. The van der Waals surface area contributed by atoms with Crippen molar-refractivity contribution in [2.75, 3.05) is 25.9 Å². The van der Waals surface area contributed by atoms with Crippen molar-refractivity contribution in [3.05, 3.63) is 0 Å². The van der Waals surface area contributed by atoms with Gasteiger partial charge in [-0.3, -0.25) is 9.11 Å². The average Bonchev–Trinajstić information content (AvgIpc) is 2.83. The van der Waals surface area contributed by atoms with Gasteiger partial charge in [-0.25, -0.2) is 0 Å². The monoisotopic (exact) mass is 300 g/mol. The maximum Gasteiger partial charge on any atom is 0.0329 e. The van der Waals surface area contributed by atoms with Gasteiger partial charge in [0.25, 0.3) is 0 Å². The zero-order valence-electron chi connectivity index (χ0n) is 13.7. The van der Waals surface area contributed by atoms with E-state index in [1.54, 1.807) is 0 Å². The number of nitrogens with one attached hydrogen (secondary N) is 1. The highest BCUT2D eigenvalue weighted by Gasteiger charge is 2.41. The van der Waals surface area contributed by atoms with E-state index in [0.717, 1.165) is 19.5 Å². The minimum Gasteiger partial charge on any atom is -0.308 e. The third-order valence-electron chi connectivity index (χ3n) is 5.38. The third kappa shape index (κ3) is 3.83. The van der Waals surface area contributed by atoms with Gasteiger partial charge >= 0.3 is 0 Å². The van der Waals surface area contributed by atoms with E-state index in [9.17, 15) is 4.21 Å². The van der Waals surface area contributed by atoms with Crippen LogP contribution >= 0.6 is 0 Å². The van der Waals surface area contributed by atoms with Crippen molar-refractivity contribution >= 4 is 10.8 Å². The van der Waals surface area contributed by atoms with E-state index in [1.807, 2.05) is 6.26 Å². The van der Waals surface area contributed by atoms with Gasteiger partial charge in [0, 0.05) is 47.0 Å². The maximum absolute atomic E-state index is 11.6. The normalized spacial score (nSPS) is 29.9. The summed E-state index contributed by atoms with van der Waals surface area (Å²) in [7, 11) is -0.689. The third-order valence-corrected chi connectivity index (χ3v) is 6.75. The van der Waals surface area contributed by atoms with Crippen LogP contribution < -0.4 is 5.32 Å². The molecular weight excluding hydrogens is 268 g/mol. The first-order valence-electron chi connectivity index (χ1n) is 8.25. The predicted octanol–water partition coefficient (Wildman–Crippen LogP) is 2.39. The fourth-order valence-corrected chi connectivity index (χ4v) is 4.25. The molecule has 4 heteroatoms. The van der Waals surface area contributed by atoms with E-state index >= 15 is 0 Å². The predicted molar refractivity (Wildman–Crippen MR) is 87.5 cm³/mol. The zero-order chi connectivity index (χ0) is 14.8. The van der Waals surface area contributed by atoms with Gasteiger partial charge in [0.05, 0.1) is 0 Å². The lowest BCUT2D eigenvalue weighted by Gasteiger charge is -2.48. The van der Waals surface area contributed by atoms with Crippen LogP contribution in [0.2, 0.25) is 0 Å². The Balaban J connectivity index is 1.97.